The molecule has 2 rings (SSSR count). The first-order valence-electron chi connectivity index (χ1n) is 5.27. The van der Waals surface area contributed by atoms with Gasteiger partial charge < -0.3 is 10.8 Å². The summed E-state index contributed by atoms with van der Waals surface area (Å²) in [6.07, 6.45) is 0. The molecule has 0 saturated carbocycles. The number of carbonyl (C=O) groups is 2. The molecule has 0 atom stereocenters. The van der Waals surface area contributed by atoms with E-state index in [1.165, 1.54) is 12.1 Å². The Morgan fingerprint density at radius 1 is 1.20 bits per heavy atom. The van der Waals surface area contributed by atoms with Crippen LogP contribution in [0, 0.1) is 11.6 Å². The first-order valence-corrected chi connectivity index (χ1v) is 6.09. The van der Waals surface area contributed by atoms with Crippen molar-refractivity contribution in [1.29, 1.82) is 0 Å². The van der Waals surface area contributed by atoms with Crippen molar-refractivity contribution in [2.45, 2.75) is 0 Å². The number of benzene rings is 1. The van der Waals surface area contributed by atoms with E-state index in [-0.39, 0.29) is 10.6 Å². The maximum Gasteiger partial charge on any atom is 0.338 e. The average molecular weight is 298 g/mol. The van der Waals surface area contributed by atoms with Gasteiger partial charge in [0.05, 0.1) is 5.56 Å². The van der Waals surface area contributed by atoms with Crippen molar-refractivity contribution < 1.29 is 23.5 Å². The first kappa shape index (κ1) is 13.9. The zero-order chi connectivity index (χ0) is 14.9. The third-order valence-electron chi connectivity index (χ3n) is 2.40. The summed E-state index contributed by atoms with van der Waals surface area (Å²) in [5, 5.41) is 11.2. The predicted octanol–water partition coefficient (Wildman–Crippen LogP) is 2.88. The number of carbonyl (C=O) groups excluding carboxylic acids is 1. The Morgan fingerprint density at radius 3 is 2.45 bits per heavy atom. The molecule has 0 aliphatic rings. The van der Waals surface area contributed by atoms with Crippen LogP contribution in [0.3, 0.4) is 0 Å². The second-order valence-corrected chi connectivity index (χ2v) is 4.83. The molecular weight excluding hydrogens is 290 g/mol. The number of rotatable bonds is 3. The summed E-state index contributed by atoms with van der Waals surface area (Å²) in [7, 11) is 0. The van der Waals surface area contributed by atoms with Gasteiger partial charge in [0.2, 0.25) is 0 Å². The molecule has 0 fully saturated rings. The van der Waals surface area contributed by atoms with Crippen molar-refractivity contribution in [3.05, 3.63) is 41.5 Å². The second-order valence-electron chi connectivity index (χ2n) is 3.78. The highest BCUT2D eigenvalue weighted by Gasteiger charge is 2.18. The molecule has 0 aliphatic carbocycles. The zero-order valence-electron chi connectivity index (χ0n) is 9.81. The predicted molar refractivity (Wildman–Crippen MR) is 69.8 cm³/mol. The number of thiophene rings is 1. The number of nitrogens with one attached hydrogen (secondary N) is 1. The highest BCUT2D eigenvalue weighted by atomic mass is 32.1. The Bertz CT molecular complexity index is 700. The fraction of sp³-hybridized carbons (Fsp3) is 0. The summed E-state index contributed by atoms with van der Waals surface area (Å²) in [6.45, 7) is 0. The second kappa shape index (κ2) is 5.25. The van der Waals surface area contributed by atoms with Gasteiger partial charge in [0, 0.05) is 4.88 Å². The molecule has 0 spiro atoms. The van der Waals surface area contributed by atoms with E-state index >= 15 is 0 Å². The molecule has 2 aromatic rings. The molecule has 0 radical (unpaired) electrons. The summed E-state index contributed by atoms with van der Waals surface area (Å²) < 4.78 is 26.0. The molecule has 0 unspecified atom stereocenters. The van der Waals surface area contributed by atoms with Crippen molar-refractivity contribution in [3.63, 3.8) is 0 Å². The van der Waals surface area contributed by atoms with Crippen LogP contribution in [0.1, 0.15) is 10.4 Å². The molecule has 8 heteroatoms. The van der Waals surface area contributed by atoms with Crippen LogP contribution in [-0.4, -0.2) is 17.1 Å². The minimum atomic E-state index is -1.26. The van der Waals surface area contributed by atoms with E-state index < -0.39 is 23.6 Å². The average Bonchev–Trinajstić information content (AvgIpc) is 2.76. The summed E-state index contributed by atoms with van der Waals surface area (Å²) in [6, 6.07) is 3.54. The first-order chi connectivity index (χ1) is 9.38. The minimum absolute atomic E-state index is 0.0322. The number of carboxylic acids is 1. The SMILES string of the molecule is NC(=O)Nc1sc(-c2ccc(F)c(F)c2)cc1C(=O)O. The summed E-state index contributed by atoms with van der Waals surface area (Å²) in [5.74, 6) is -3.31. The van der Waals surface area contributed by atoms with Gasteiger partial charge in [-0.1, -0.05) is 6.07 Å². The van der Waals surface area contributed by atoms with Gasteiger partial charge in [-0.25, -0.2) is 18.4 Å². The lowest BCUT2D eigenvalue weighted by molar-refractivity contribution is 0.0698. The number of amides is 2. The van der Waals surface area contributed by atoms with Crippen molar-refractivity contribution >= 4 is 28.3 Å². The molecule has 1 aromatic carbocycles. The quantitative estimate of drug-likeness (QED) is 0.813. The Hall–Kier alpha value is -2.48. The number of halogens is 2. The number of hydrogen-bond donors (Lipinski definition) is 3. The van der Waals surface area contributed by atoms with Gasteiger partial charge in [-0.2, -0.15) is 0 Å². The van der Waals surface area contributed by atoms with Gasteiger partial charge >= 0.3 is 12.0 Å². The van der Waals surface area contributed by atoms with E-state index in [9.17, 15) is 18.4 Å². The number of anilines is 1. The molecule has 104 valence electrons. The van der Waals surface area contributed by atoms with Gasteiger partial charge in [-0.15, -0.1) is 11.3 Å². The molecular formula is C12H8F2N2O3S. The van der Waals surface area contributed by atoms with E-state index in [1.54, 1.807) is 0 Å². The fourth-order valence-electron chi connectivity index (χ4n) is 1.55. The molecule has 0 bridgehead atoms. The van der Waals surface area contributed by atoms with Crippen molar-refractivity contribution in [2.24, 2.45) is 5.73 Å². The summed E-state index contributed by atoms with van der Waals surface area (Å²) in [5.41, 5.74) is 5.07. The number of carboxylic acid groups (broad SMARTS) is 1. The number of urea groups is 1. The highest BCUT2D eigenvalue weighted by molar-refractivity contribution is 7.20. The Morgan fingerprint density at radius 2 is 1.90 bits per heavy atom. The highest BCUT2D eigenvalue weighted by Crippen LogP contribution is 2.35. The number of primary amides is 1. The summed E-state index contributed by atoms with van der Waals surface area (Å²) >= 11 is 0.902. The lowest BCUT2D eigenvalue weighted by Gasteiger charge is -1.99. The Balaban J connectivity index is 2.49. The van der Waals surface area contributed by atoms with E-state index in [0.717, 1.165) is 23.5 Å². The van der Waals surface area contributed by atoms with Crippen LogP contribution < -0.4 is 11.1 Å². The van der Waals surface area contributed by atoms with Gasteiger partial charge in [0.25, 0.3) is 0 Å². The molecule has 5 nitrogen and oxygen atoms in total. The fourth-order valence-corrected chi connectivity index (χ4v) is 2.60. The van der Waals surface area contributed by atoms with E-state index in [0.29, 0.717) is 10.4 Å². The van der Waals surface area contributed by atoms with Crippen molar-refractivity contribution in [1.82, 2.24) is 0 Å². The van der Waals surface area contributed by atoms with E-state index in [1.807, 2.05) is 0 Å². The smallest absolute Gasteiger partial charge is 0.338 e. The van der Waals surface area contributed by atoms with E-state index in [4.69, 9.17) is 10.8 Å². The minimum Gasteiger partial charge on any atom is -0.478 e. The number of nitrogens with two attached hydrogens (primary N) is 1. The van der Waals surface area contributed by atoms with Crippen LogP contribution in [0.5, 0.6) is 0 Å². The van der Waals surface area contributed by atoms with Crippen LogP contribution in [0.2, 0.25) is 0 Å². The maximum absolute atomic E-state index is 13.2. The zero-order valence-corrected chi connectivity index (χ0v) is 10.6. The largest absolute Gasteiger partial charge is 0.478 e. The molecule has 1 aromatic heterocycles. The Labute approximate surface area is 115 Å². The molecule has 0 saturated heterocycles. The van der Waals surface area contributed by atoms with E-state index in [2.05, 4.69) is 5.32 Å². The van der Waals surface area contributed by atoms with Crippen LogP contribution in [-0.2, 0) is 0 Å². The molecule has 2 amide bonds. The molecule has 1 heterocycles. The monoisotopic (exact) mass is 298 g/mol. The van der Waals surface area contributed by atoms with Crippen LogP contribution in [0.25, 0.3) is 10.4 Å². The molecule has 0 aliphatic heterocycles. The van der Waals surface area contributed by atoms with Gasteiger partial charge in [-0.05, 0) is 23.8 Å². The van der Waals surface area contributed by atoms with Crippen LogP contribution in [0.15, 0.2) is 24.3 Å². The number of aromatic carboxylic acids is 1. The maximum atomic E-state index is 13.2. The van der Waals surface area contributed by atoms with Gasteiger partial charge in [-0.3, -0.25) is 5.32 Å². The molecule has 4 N–H and O–H groups in total. The molecule has 20 heavy (non-hydrogen) atoms. The van der Waals surface area contributed by atoms with Crippen LogP contribution >= 0.6 is 11.3 Å². The topological polar surface area (TPSA) is 92.4 Å². The van der Waals surface area contributed by atoms with Gasteiger partial charge in [0.15, 0.2) is 11.6 Å². The third kappa shape index (κ3) is 2.75. The third-order valence-corrected chi connectivity index (χ3v) is 3.50. The lowest BCUT2D eigenvalue weighted by atomic mass is 10.1. The van der Waals surface area contributed by atoms with Crippen molar-refractivity contribution in [2.75, 3.05) is 5.32 Å². The standard InChI is InChI=1S/C12H8F2N2O3S/c13-7-2-1-5(3-8(7)14)9-4-6(11(17)18)10(20-9)16-12(15)19/h1-4H,(H,17,18)(H3,15,16,19). The Kier molecular flexibility index (Phi) is 3.66. The van der Waals surface area contributed by atoms with Gasteiger partial charge in [0.1, 0.15) is 5.00 Å². The van der Waals surface area contributed by atoms with Crippen LogP contribution in [0.4, 0.5) is 18.6 Å². The summed E-state index contributed by atoms with van der Waals surface area (Å²) in [4.78, 5) is 22.2. The van der Waals surface area contributed by atoms with Crippen molar-refractivity contribution in [3.8, 4) is 10.4 Å². The lowest BCUT2D eigenvalue weighted by Crippen LogP contribution is -2.19. The number of hydrogen-bond acceptors (Lipinski definition) is 3. The normalized spacial score (nSPS) is 10.3.